The number of hydrogen-bond acceptors (Lipinski definition) is 2. The second-order valence-electron chi connectivity index (χ2n) is 5.26. The first-order valence-corrected chi connectivity index (χ1v) is 6.90. The third kappa shape index (κ3) is 4.21. The van der Waals surface area contributed by atoms with Crippen molar-refractivity contribution in [2.75, 3.05) is 0 Å². The monoisotopic (exact) mass is 257 g/mol. The number of nitrogens with one attached hydrogen (secondary N) is 1. The van der Waals surface area contributed by atoms with Gasteiger partial charge in [-0.3, -0.25) is 0 Å². The zero-order valence-electron chi connectivity index (χ0n) is 12.1. The molecule has 19 heavy (non-hydrogen) atoms. The van der Waals surface area contributed by atoms with Crippen LogP contribution in [-0.4, -0.2) is 15.6 Å². The fourth-order valence-corrected chi connectivity index (χ4v) is 2.19. The molecule has 0 radical (unpaired) electrons. The number of nitrogens with zero attached hydrogens (tertiary/aromatic N) is 2. The smallest absolute Gasteiger partial charge is 0.122 e. The molecule has 0 fully saturated rings. The zero-order valence-corrected chi connectivity index (χ0v) is 12.1. The van der Waals surface area contributed by atoms with Gasteiger partial charge in [0.25, 0.3) is 0 Å². The van der Waals surface area contributed by atoms with Crippen molar-refractivity contribution in [2.45, 2.75) is 39.3 Å². The summed E-state index contributed by atoms with van der Waals surface area (Å²) in [6, 6.07) is 9.25. The highest BCUT2D eigenvalue weighted by molar-refractivity contribution is 5.22. The van der Waals surface area contributed by atoms with Crippen LogP contribution < -0.4 is 5.32 Å². The summed E-state index contributed by atoms with van der Waals surface area (Å²) in [5.41, 5.74) is 2.76. The van der Waals surface area contributed by atoms with Crippen molar-refractivity contribution in [3.05, 3.63) is 53.6 Å². The van der Waals surface area contributed by atoms with Gasteiger partial charge in [-0.1, -0.05) is 29.8 Å². The highest BCUT2D eigenvalue weighted by Gasteiger charge is 2.04. The largest absolute Gasteiger partial charge is 0.337 e. The fourth-order valence-electron chi connectivity index (χ4n) is 2.19. The summed E-state index contributed by atoms with van der Waals surface area (Å²) in [6.07, 6.45) is 6.09. The highest BCUT2D eigenvalue weighted by Crippen LogP contribution is 2.08. The first-order chi connectivity index (χ1) is 9.15. The third-order valence-corrected chi connectivity index (χ3v) is 3.48. The molecule has 1 aromatic carbocycles. The Morgan fingerprint density at radius 3 is 2.89 bits per heavy atom. The van der Waals surface area contributed by atoms with E-state index in [0.717, 1.165) is 25.2 Å². The van der Waals surface area contributed by atoms with Crippen LogP contribution in [0.1, 0.15) is 30.3 Å². The van der Waals surface area contributed by atoms with Crippen LogP contribution in [0.25, 0.3) is 0 Å². The van der Waals surface area contributed by atoms with Gasteiger partial charge in [-0.15, -0.1) is 0 Å². The van der Waals surface area contributed by atoms with E-state index in [1.807, 2.05) is 19.4 Å². The Hall–Kier alpha value is -1.61. The van der Waals surface area contributed by atoms with Gasteiger partial charge in [0.2, 0.25) is 0 Å². The quantitative estimate of drug-likeness (QED) is 0.862. The van der Waals surface area contributed by atoms with Gasteiger partial charge in [0, 0.05) is 25.5 Å². The fraction of sp³-hybridized carbons (Fsp3) is 0.438. The highest BCUT2D eigenvalue weighted by atomic mass is 15.1. The number of imidazole rings is 1. The molecule has 0 saturated heterocycles. The normalized spacial score (nSPS) is 12.6. The van der Waals surface area contributed by atoms with E-state index in [1.165, 1.54) is 11.1 Å². The molecular formula is C16H23N3. The first kappa shape index (κ1) is 13.8. The second kappa shape index (κ2) is 6.53. The molecule has 1 unspecified atom stereocenters. The minimum absolute atomic E-state index is 0.497. The number of aryl methyl sites for hydroxylation is 3. The Morgan fingerprint density at radius 2 is 2.21 bits per heavy atom. The first-order valence-electron chi connectivity index (χ1n) is 6.90. The van der Waals surface area contributed by atoms with Crippen LogP contribution in [0.4, 0.5) is 0 Å². The van der Waals surface area contributed by atoms with Crippen molar-refractivity contribution in [1.29, 1.82) is 0 Å². The SMILES string of the molecule is Cc1cccc(CCC(C)NCc2nccn2C)c1. The van der Waals surface area contributed by atoms with E-state index in [2.05, 4.69) is 53.0 Å². The van der Waals surface area contributed by atoms with Crippen molar-refractivity contribution < 1.29 is 0 Å². The summed E-state index contributed by atoms with van der Waals surface area (Å²) in [7, 11) is 2.03. The van der Waals surface area contributed by atoms with Crippen molar-refractivity contribution in [3.8, 4) is 0 Å². The summed E-state index contributed by atoms with van der Waals surface area (Å²) in [5.74, 6) is 1.09. The summed E-state index contributed by atoms with van der Waals surface area (Å²) in [5, 5.41) is 3.53. The minimum Gasteiger partial charge on any atom is -0.337 e. The van der Waals surface area contributed by atoms with Crippen LogP contribution in [0.15, 0.2) is 36.7 Å². The molecule has 1 aromatic heterocycles. The van der Waals surface area contributed by atoms with Crippen molar-refractivity contribution in [1.82, 2.24) is 14.9 Å². The maximum atomic E-state index is 4.32. The molecule has 1 heterocycles. The maximum absolute atomic E-state index is 4.32. The second-order valence-corrected chi connectivity index (χ2v) is 5.26. The van der Waals surface area contributed by atoms with E-state index in [0.29, 0.717) is 6.04 Å². The van der Waals surface area contributed by atoms with E-state index >= 15 is 0 Å². The van der Waals surface area contributed by atoms with Gasteiger partial charge in [0.1, 0.15) is 5.82 Å². The average molecular weight is 257 g/mol. The predicted octanol–water partition coefficient (Wildman–Crippen LogP) is 2.84. The molecule has 1 N–H and O–H groups in total. The molecule has 102 valence electrons. The Bertz CT molecular complexity index is 516. The minimum atomic E-state index is 0.497. The predicted molar refractivity (Wildman–Crippen MR) is 79.0 cm³/mol. The Balaban J connectivity index is 1.76. The topological polar surface area (TPSA) is 29.9 Å². The van der Waals surface area contributed by atoms with Crippen LogP contribution in [0.3, 0.4) is 0 Å². The Morgan fingerprint density at radius 1 is 1.37 bits per heavy atom. The lowest BCUT2D eigenvalue weighted by molar-refractivity contribution is 0.499. The number of hydrogen-bond donors (Lipinski definition) is 1. The summed E-state index contributed by atoms with van der Waals surface area (Å²) in [4.78, 5) is 4.32. The molecule has 3 heteroatoms. The van der Waals surface area contributed by atoms with E-state index < -0.39 is 0 Å². The summed E-state index contributed by atoms with van der Waals surface area (Å²) >= 11 is 0. The van der Waals surface area contributed by atoms with Crippen LogP contribution in [0.5, 0.6) is 0 Å². The average Bonchev–Trinajstić information content (AvgIpc) is 2.80. The van der Waals surface area contributed by atoms with E-state index in [1.54, 1.807) is 0 Å². The number of benzene rings is 1. The van der Waals surface area contributed by atoms with Gasteiger partial charge < -0.3 is 9.88 Å². The van der Waals surface area contributed by atoms with Gasteiger partial charge in [0.15, 0.2) is 0 Å². The lowest BCUT2D eigenvalue weighted by Gasteiger charge is -2.13. The molecule has 1 atom stereocenters. The van der Waals surface area contributed by atoms with Gasteiger partial charge >= 0.3 is 0 Å². The van der Waals surface area contributed by atoms with Gasteiger partial charge in [0.05, 0.1) is 6.54 Å². The van der Waals surface area contributed by atoms with E-state index in [4.69, 9.17) is 0 Å². The summed E-state index contributed by atoms with van der Waals surface area (Å²) in [6.45, 7) is 5.21. The lowest BCUT2D eigenvalue weighted by Crippen LogP contribution is -2.27. The van der Waals surface area contributed by atoms with Crippen molar-refractivity contribution in [3.63, 3.8) is 0 Å². The van der Waals surface area contributed by atoms with Gasteiger partial charge in [-0.2, -0.15) is 0 Å². The lowest BCUT2D eigenvalue weighted by atomic mass is 10.0. The molecule has 0 spiro atoms. The number of rotatable bonds is 6. The van der Waals surface area contributed by atoms with Crippen LogP contribution in [0.2, 0.25) is 0 Å². The van der Waals surface area contributed by atoms with Gasteiger partial charge in [-0.25, -0.2) is 4.98 Å². The molecule has 0 aliphatic carbocycles. The molecule has 0 saturated carbocycles. The molecule has 0 amide bonds. The standard InChI is InChI=1S/C16H23N3/c1-13-5-4-6-15(11-13)8-7-14(2)18-12-16-17-9-10-19(16)3/h4-6,9-11,14,18H,7-8,12H2,1-3H3. The van der Waals surface area contributed by atoms with E-state index in [-0.39, 0.29) is 0 Å². The van der Waals surface area contributed by atoms with E-state index in [9.17, 15) is 0 Å². The maximum Gasteiger partial charge on any atom is 0.122 e. The molecule has 0 aliphatic heterocycles. The van der Waals surface area contributed by atoms with Crippen molar-refractivity contribution in [2.24, 2.45) is 7.05 Å². The Labute approximate surface area is 115 Å². The number of aromatic nitrogens is 2. The Kier molecular flexibility index (Phi) is 4.74. The molecule has 0 aliphatic rings. The molecule has 3 nitrogen and oxygen atoms in total. The van der Waals surface area contributed by atoms with Crippen LogP contribution >= 0.6 is 0 Å². The molecule has 2 rings (SSSR count). The van der Waals surface area contributed by atoms with Crippen LogP contribution in [-0.2, 0) is 20.0 Å². The summed E-state index contributed by atoms with van der Waals surface area (Å²) < 4.78 is 2.06. The zero-order chi connectivity index (χ0) is 13.7. The molecule has 2 aromatic rings. The van der Waals surface area contributed by atoms with Crippen molar-refractivity contribution >= 4 is 0 Å². The van der Waals surface area contributed by atoms with Gasteiger partial charge in [-0.05, 0) is 32.3 Å². The molecule has 0 bridgehead atoms. The third-order valence-electron chi connectivity index (χ3n) is 3.48. The molecular weight excluding hydrogens is 234 g/mol. The van der Waals surface area contributed by atoms with Crippen LogP contribution in [0, 0.1) is 6.92 Å².